The summed E-state index contributed by atoms with van der Waals surface area (Å²) in [4.78, 5) is 14.5. The minimum Gasteiger partial charge on any atom is -0.338 e. The Balaban J connectivity index is 1.89. The lowest BCUT2D eigenvalue weighted by molar-refractivity contribution is -0.137. The summed E-state index contributed by atoms with van der Waals surface area (Å²) in [6, 6.07) is 0.271. The molecule has 2 rings (SSSR count). The maximum atomic E-state index is 12.4. The van der Waals surface area contributed by atoms with Crippen molar-refractivity contribution in [2.45, 2.75) is 45.1 Å². The van der Waals surface area contributed by atoms with Gasteiger partial charge in [0.2, 0.25) is 5.91 Å². The van der Waals surface area contributed by atoms with Crippen LogP contribution in [0.3, 0.4) is 0 Å². The predicted molar refractivity (Wildman–Crippen MR) is 73.2 cm³/mol. The van der Waals surface area contributed by atoms with E-state index in [2.05, 4.69) is 17.1 Å². The van der Waals surface area contributed by atoms with E-state index in [1.165, 1.54) is 6.42 Å². The van der Waals surface area contributed by atoms with E-state index in [0.717, 1.165) is 45.3 Å². The second-order valence-corrected chi connectivity index (χ2v) is 5.91. The zero-order valence-corrected chi connectivity index (χ0v) is 11.5. The largest absolute Gasteiger partial charge is 0.338 e. The van der Waals surface area contributed by atoms with Crippen molar-refractivity contribution in [2.75, 3.05) is 26.2 Å². The van der Waals surface area contributed by atoms with E-state index in [4.69, 9.17) is 5.73 Å². The smallest absolute Gasteiger partial charge is 0.223 e. The van der Waals surface area contributed by atoms with Gasteiger partial charge in [-0.2, -0.15) is 0 Å². The van der Waals surface area contributed by atoms with Gasteiger partial charge in [-0.1, -0.05) is 6.92 Å². The van der Waals surface area contributed by atoms with Crippen LogP contribution in [0.1, 0.15) is 39.0 Å². The fraction of sp³-hybridized carbons (Fsp3) is 0.929. The summed E-state index contributed by atoms with van der Waals surface area (Å²) in [5.41, 5.74) is 5.85. The number of hydrogen-bond acceptors (Lipinski definition) is 3. The van der Waals surface area contributed by atoms with E-state index >= 15 is 0 Å². The van der Waals surface area contributed by atoms with Gasteiger partial charge >= 0.3 is 0 Å². The van der Waals surface area contributed by atoms with Crippen molar-refractivity contribution in [3.05, 3.63) is 0 Å². The molecule has 0 spiro atoms. The van der Waals surface area contributed by atoms with Gasteiger partial charge in [-0.05, 0) is 50.6 Å². The van der Waals surface area contributed by atoms with Crippen LogP contribution in [-0.4, -0.2) is 43.0 Å². The fourth-order valence-corrected chi connectivity index (χ4v) is 3.37. The number of nitrogens with two attached hydrogens (primary N) is 1. The standard InChI is InChI=1S/C14H27N3O/c1-11-3-2-8-17(13(11)10-15)14(18)9-12-4-6-16-7-5-12/h11-13,16H,2-10,15H2,1H3/t11-,13+/m1/s1. The molecule has 0 aliphatic carbocycles. The molecule has 18 heavy (non-hydrogen) atoms. The quantitative estimate of drug-likeness (QED) is 0.788. The lowest BCUT2D eigenvalue weighted by Gasteiger charge is -2.40. The summed E-state index contributed by atoms with van der Waals surface area (Å²) in [6.45, 7) is 5.87. The van der Waals surface area contributed by atoms with Crippen molar-refractivity contribution in [2.24, 2.45) is 17.6 Å². The average molecular weight is 253 g/mol. The van der Waals surface area contributed by atoms with E-state index < -0.39 is 0 Å². The van der Waals surface area contributed by atoms with Crippen LogP contribution in [0.4, 0.5) is 0 Å². The van der Waals surface area contributed by atoms with Crippen LogP contribution in [0.25, 0.3) is 0 Å². The van der Waals surface area contributed by atoms with Gasteiger partial charge < -0.3 is 16.0 Å². The molecule has 4 nitrogen and oxygen atoms in total. The van der Waals surface area contributed by atoms with Crippen LogP contribution in [0.2, 0.25) is 0 Å². The molecule has 0 aromatic carbocycles. The first-order valence-corrected chi connectivity index (χ1v) is 7.42. The number of nitrogens with one attached hydrogen (secondary N) is 1. The van der Waals surface area contributed by atoms with Crippen molar-refractivity contribution >= 4 is 5.91 Å². The third-order valence-electron chi connectivity index (χ3n) is 4.60. The monoisotopic (exact) mass is 253 g/mol. The molecule has 2 aliphatic heterocycles. The minimum absolute atomic E-state index is 0.271. The second-order valence-electron chi connectivity index (χ2n) is 5.91. The summed E-state index contributed by atoms with van der Waals surface area (Å²) < 4.78 is 0. The number of amides is 1. The van der Waals surface area contributed by atoms with Gasteiger partial charge in [-0.3, -0.25) is 4.79 Å². The Labute approximate surface area is 110 Å². The van der Waals surface area contributed by atoms with Crippen molar-refractivity contribution < 1.29 is 4.79 Å². The van der Waals surface area contributed by atoms with Crippen LogP contribution in [0.15, 0.2) is 0 Å². The van der Waals surface area contributed by atoms with Gasteiger partial charge in [0.05, 0.1) is 0 Å². The molecule has 2 heterocycles. The zero-order chi connectivity index (χ0) is 13.0. The number of hydrogen-bond donors (Lipinski definition) is 2. The van der Waals surface area contributed by atoms with Crippen LogP contribution in [-0.2, 0) is 4.79 Å². The molecule has 0 saturated carbocycles. The molecule has 0 bridgehead atoms. The van der Waals surface area contributed by atoms with Crippen molar-refractivity contribution in [3.8, 4) is 0 Å². The van der Waals surface area contributed by atoms with Crippen LogP contribution < -0.4 is 11.1 Å². The van der Waals surface area contributed by atoms with Gasteiger partial charge in [-0.25, -0.2) is 0 Å². The Morgan fingerprint density at radius 2 is 2.06 bits per heavy atom. The number of piperidine rings is 2. The maximum absolute atomic E-state index is 12.4. The lowest BCUT2D eigenvalue weighted by Crippen LogP contribution is -2.51. The number of nitrogens with zero attached hydrogens (tertiary/aromatic N) is 1. The Hall–Kier alpha value is -0.610. The van der Waals surface area contributed by atoms with Gasteiger partial charge in [0, 0.05) is 25.6 Å². The lowest BCUT2D eigenvalue weighted by atomic mass is 9.88. The molecular weight excluding hydrogens is 226 g/mol. The molecular formula is C14H27N3O. The Morgan fingerprint density at radius 3 is 2.72 bits per heavy atom. The Kier molecular flexibility index (Phi) is 5.01. The molecule has 1 amide bonds. The van der Waals surface area contributed by atoms with E-state index in [1.807, 2.05) is 0 Å². The number of carbonyl (C=O) groups excluding carboxylic acids is 1. The van der Waals surface area contributed by atoms with Crippen molar-refractivity contribution in [3.63, 3.8) is 0 Å². The van der Waals surface area contributed by atoms with Crippen LogP contribution in [0.5, 0.6) is 0 Å². The highest BCUT2D eigenvalue weighted by atomic mass is 16.2. The normalized spacial score (nSPS) is 30.4. The molecule has 0 aromatic heterocycles. The SMILES string of the molecule is C[C@@H]1CCCN(C(=O)CC2CCNCC2)[C@H]1CN. The van der Waals surface area contributed by atoms with Crippen molar-refractivity contribution in [1.82, 2.24) is 10.2 Å². The second kappa shape index (κ2) is 6.53. The number of likely N-dealkylation sites (tertiary alicyclic amines) is 1. The topological polar surface area (TPSA) is 58.4 Å². The molecule has 0 unspecified atom stereocenters. The molecule has 0 radical (unpaired) electrons. The van der Waals surface area contributed by atoms with E-state index in [-0.39, 0.29) is 6.04 Å². The molecule has 2 saturated heterocycles. The summed E-state index contributed by atoms with van der Waals surface area (Å²) >= 11 is 0. The Morgan fingerprint density at radius 1 is 1.33 bits per heavy atom. The summed E-state index contributed by atoms with van der Waals surface area (Å²) in [7, 11) is 0. The third kappa shape index (κ3) is 3.23. The first-order valence-electron chi connectivity index (χ1n) is 7.42. The third-order valence-corrected chi connectivity index (χ3v) is 4.60. The summed E-state index contributed by atoms with van der Waals surface area (Å²) in [6.07, 6.45) is 5.35. The minimum atomic E-state index is 0.271. The van der Waals surface area contributed by atoms with E-state index in [9.17, 15) is 4.79 Å². The highest BCUT2D eigenvalue weighted by Gasteiger charge is 2.31. The maximum Gasteiger partial charge on any atom is 0.223 e. The summed E-state index contributed by atoms with van der Waals surface area (Å²) in [5.74, 6) is 1.47. The fourth-order valence-electron chi connectivity index (χ4n) is 3.37. The van der Waals surface area contributed by atoms with Gasteiger partial charge in [0.25, 0.3) is 0 Å². The van der Waals surface area contributed by atoms with Gasteiger partial charge in [-0.15, -0.1) is 0 Å². The molecule has 0 aromatic rings. The molecule has 4 heteroatoms. The first-order chi connectivity index (χ1) is 8.72. The molecule has 3 N–H and O–H groups in total. The molecule has 2 atom stereocenters. The van der Waals surface area contributed by atoms with E-state index in [0.29, 0.717) is 24.3 Å². The first kappa shape index (κ1) is 13.8. The van der Waals surface area contributed by atoms with Crippen LogP contribution >= 0.6 is 0 Å². The molecule has 2 aliphatic rings. The molecule has 104 valence electrons. The van der Waals surface area contributed by atoms with Gasteiger partial charge in [0.15, 0.2) is 0 Å². The summed E-state index contributed by atoms with van der Waals surface area (Å²) in [5, 5.41) is 3.35. The highest BCUT2D eigenvalue weighted by Crippen LogP contribution is 2.25. The number of carbonyl (C=O) groups is 1. The van der Waals surface area contributed by atoms with Gasteiger partial charge in [0.1, 0.15) is 0 Å². The highest BCUT2D eigenvalue weighted by molar-refractivity contribution is 5.77. The number of rotatable bonds is 3. The molecule has 2 fully saturated rings. The van der Waals surface area contributed by atoms with Crippen molar-refractivity contribution in [1.29, 1.82) is 0 Å². The predicted octanol–water partition coefficient (Wildman–Crippen LogP) is 0.962. The van der Waals surface area contributed by atoms with Crippen LogP contribution in [0, 0.1) is 11.8 Å². The average Bonchev–Trinajstić information content (AvgIpc) is 2.39. The van der Waals surface area contributed by atoms with E-state index in [1.54, 1.807) is 0 Å². The zero-order valence-electron chi connectivity index (χ0n) is 11.5. The Bertz CT molecular complexity index is 276.